The first-order valence-electron chi connectivity index (χ1n) is 5.97. The van der Waals surface area contributed by atoms with E-state index in [4.69, 9.17) is 18.0 Å². The van der Waals surface area contributed by atoms with Crippen LogP contribution in [0, 0.1) is 0 Å². The minimum absolute atomic E-state index is 0.108. The topological polar surface area (TPSA) is 101 Å². The number of hydrogen-bond acceptors (Lipinski definition) is 4. The first kappa shape index (κ1) is 13.5. The number of unbranched alkanes of at least 4 members (excludes halogenated alkanes) is 1. The number of amides is 1. The number of hydrogen-bond donors (Lipinski definition) is 3. The lowest BCUT2D eigenvalue weighted by Gasteiger charge is -2.16. The van der Waals surface area contributed by atoms with Gasteiger partial charge in [-0.25, -0.2) is 8.42 Å². The Morgan fingerprint density at radius 3 is 2.78 bits per heavy atom. The number of nitrogens with one attached hydrogen (secondary N) is 2. The molecule has 0 aromatic rings. The second-order valence-corrected chi connectivity index (χ2v) is 7.50. The van der Waals surface area contributed by atoms with Gasteiger partial charge in [0.2, 0.25) is 5.91 Å². The highest BCUT2D eigenvalue weighted by Gasteiger charge is 2.50. The van der Waals surface area contributed by atoms with Crippen molar-refractivity contribution in [3.05, 3.63) is 0 Å². The van der Waals surface area contributed by atoms with Crippen molar-refractivity contribution in [2.45, 2.75) is 43.0 Å². The lowest BCUT2D eigenvalue weighted by Crippen LogP contribution is -2.38. The van der Waals surface area contributed by atoms with Crippen LogP contribution < -0.4 is 16.4 Å². The number of thiocarbonyl (C=S) groups is 1. The molecule has 102 valence electrons. The standard InChI is InChI=1S/C10H17N3O3S2/c11-8(14)4-2-1-3-7-9-6(5-18(7,15)16)12-10(17)13-9/h6-7,9H,1-5H2,(H2,11,14)(H2,12,13,17)/t6?,7-,9?/m0/s1. The third-order valence-electron chi connectivity index (χ3n) is 3.48. The zero-order chi connectivity index (χ0) is 13.3. The van der Waals surface area contributed by atoms with Gasteiger partial charge in [0, 0.05) is 6.42 Å². The summed E-state index contributed by atoms with van der Waals surface area (Å²) in [6, 6.07) is -0.236. The van der Waals surface area contributed by atoms with Gasteiger partial charge in [-0.15, -0.1) is 0 Å². The van der Waals surface area contributed by atoms with Crippen molar-refractivity contribution in [3.8, 4) is 0 Å². The molecule has 4 N–H and O–H groups in total. The Morgan fingerprint density at radius 1 is 1.39 bits per heavy atom. The lowest BCUT2D eigenvalue weighted by atomic mass is 10.0. The van der Waals surface area contributed by atoms with Crippen LogP contribution in [0.15, 0.2) is 0 Å². The van der Waals surface area contributed by atoms with Gasteiger partial charge in [-0.05, 0) is 25.1 Å². The van der Waals surface area contributed by atoms with Gasteiger partial charge >= 0.3 is 0 Å². The van der Waals surface area contributed by atoms with E-state index in [0.717, 1.165) is 0 Å². The van der Waals surface area contributed by atoms with E-state index in [9.17, 15) is 13.2 Å². The second-order valence-electron chi connectivity index (χ2n) is 4.83. The number of rotatable bonds is 5. The van der Waals surface area contributed by atoms with Crippen LogP contribution in [0.3, 0.4) is 0 Å². The molecule has 2 heterocycles. The van der Waals surface area contributed by atoms with Crippen molar-refractivity contribution in [3.63, 3.8) is 0 Å². The van der Waals surface area contributed by atoms with Gasteiger partial charge in [-0.2, -0.15) is 0 Å². The molecule has 0 aliphatic carbocycles. The van der Waals surface area contributed by atoms with Crippen molar-refractivity contribution in [2.75, 3.05) is 5.75 Å². The first-order valence-corrected chi connectivity index (χ1v) is 8.09. The minimum Gasteiger partial charge on any atom is -0.370 e. The monoisotopic (exact) mass is 291 g/mol. The summed E-state index contributed by atoms with van der Waals surface area (Å²) in [5.74, 6) is -0.213. The maximum absolute atomic E-state index is 12.0. The number of fused-ring (bicyclic) bond motifs is 1. The molecule has 18 heavy (non-hydrogen) atoms. The maximum Gasteiger partial charge on any atom is 0.217 e. The van der Waals surface area contributed by atoms with Crippen molar-refractivity contribution in [1.82, 2.24) is 10.6 Å². The van der Waals surface area contributed by atoms with Gasteiger partial charge < -0.3 is 16.4 Å². The first-order chi connectivity index (χ1) is 8.40. The van der Waals surface area contributed by atoms with Gasteiger partial charge in [0.25, 0.3) is 0 Å². The third-order valence-corrected chi connectivity index (χ3v) is 5.99. The molecule has 2 saturated heterocycles. The minimum atomic E-state index is -3.07. The Balaban J connectivity index is 1.93. The van der Waals surface area contributed by atoms with E-state index >= 15 is 0 Å². The Labute approximate surface area is 112 Å². The van der Waals surface area contributed by atoms with Crippen LogP contribution in [0.4, 0.5) is 0 Å². The predicted octanol–water partition coefficient (Wildman–Crippen LogP) is -0.956. The molecular weight excluding hydrogens is 274 g/mol. The van der Waals surface area contributed by atoms with E-state index < -0.39 is 15.1 Å². The molecule has 0 saturated carbocycles. The highest BCUT2D eigenvalue weighted by Crippen LogP contribution is 2.28. The van der Waals surface area contributed by atoms with Crippen LogP contribution in [-0.4, -0.2) is 42.5 Å². The van der Waals surface area contributed by atoms with Gasteiger partial charge in [0.05, 0.1) is 23.1 Å². The van der Waals surface area contributed by atoms with E-state index in [1.165, 1.54) is 0 Å². The van der Waals surface area contributed by atoms with Crippen LogP contribution in [0.2, 0.25) is 0 Å². The molecular formula is C10H17N3O3S2. The molecule has 2 rings (SSSR count). The van der Waals surface area contributed by atoms with E-state index in [0.29, 0.717) is 30.8 Å². The molecule has 2 unspecified atom stereocenters. The quantitative estimate of drug-likeness (QED) is 0.446. The normalized spacial score (nSPS) is 32.7. The molecule has 8 heteroatoms. The molecule has 2 aliphatic heterocycles. The molecule has 0 aromatic heterocycles. The summed E-state index contributed by atoms with van der Waals surface area (Å²) in [5, 5.41) is 6.11. The average molecular weight is 291 g/mol. The summed E-state index contributed by atoms with van der Waals surface area (Å²) in [6.07, 6.45) is 2.18. The number of sulfone groups is 1. The van der Waals surface area contributed by atoms with Crippen molar-refractivity contribution >= 4 is 33.1 Å². The van der Waals surface area contributed by atoms with Gasteiger partial charge in [0.15, 0.2) is 14.9 Å². The number of carbonyl (C=O) groups excluding carboxylic acids is 1. The Hall–Kier alpha value is -0.890. The maximum atomic E-state index is 12.0. The van der Waals surface area contributed by atoms with Crippen LogP contribution in [-0.2, 0) is 14.6 Å². The fourth-order valence-electron chi connectivity index (χ4n) is 2.65. The zero-order valence-corrected chi connectivity index (χ0v) is 11.5. The zero-order valence-electron chi connectivity index (χ0n) is 9.89. The highest BCUT2D eigenvalue weighted by molar-refractivity contribution is 7.92. The largest absolute Gasteiger partial charge is 0.370 e. The smallest absolute Gasteiger partial charge is 0.217 e. The summed E-state index contributed by atoms with van der Waals surface area (Å²) in [6.45, 7) is 0. The lowest BCUT2D eigenvalue weighted by molar-refractivity contribution is -0.118. The molecule has 0 radical (unpaired) electrons. The number of carbonyl (C=O) groups is 1. The van der Waals surface area contributed by atoms with Crippen LogP contribution in [0.5, 0.6) is 0 Å². The van der Waals surface area contributed by atoms with Crippen molar-refractivity contribution < 1.29 is 13.2 Å². The predicted molar refractivity (Wildman–Crippen MR) is 71.7 cm³/mol. The SMILES string of the molecule is NC(=O)CCCC[C@H]1C2NC(=S)NC2CS1(=O)=O. The second kappa shape index (κ2) is 5.00. The van der Waals surface area contributed by atoms with Crippen LogP contribution >= 0.6 is 12.2 Å². The van der Waals surface area contributed by atoms with Crippen LogP contribution in [0.25, 0.3) is 0 Å². The molecule has 2 fully saturated rings. The van der Waals surface area contributed by atoms with E-state index in [2.05, 4.69) is 10.6 Å². The fraction of sp³-hybridized carbons (Fsp3) is 0.800. The molecule has 0 spiro atoms. The fourth-order valence-corrected chi connectivity index (χ4v) is 5.21. The number of primary amides is 1. The van der Waals surface area contributed by atoms with Crippen LogP contribution in [0.1, 0.15) is 25.7 Å². The van der Waals surface area contributed by atoms with E-state index in [1.54, 1.807) is 0 Å². The molecule has 2 aliphatic rings. The van der Waals surface area contributed by atoms with Gasteiger partial charge in [-0.1, -0.05) is 6.42 Å². The third kappa shape index (κ3) is 2.74. The van der Waals surface area contributed by atoms with Gasteiger partial charge in [-0.3, -0.25) is 4.79 Å². The summed E-state index contributed by atoms with van der Waals surface area (Å²) in [7, 11) is -3.07. The highest BCUT2D eigenvalue weighted by atomic mass is 32.2. The van der Waals surface area contributed by atoms with Crippen molar-refractivity contribution in [2.24, 2.45) is 5.73 Å². The van der Waals surface area contributed by atoms with Gasteiger partial charge in [0.1, 0.15) is 0 Å². The average Bonchev–Trinajstić information content (AvgIpc) is 2.66. The summed E-state index contributed by atoms with van der Waals surface area (Å²) >= 11 is 4.99. The summed E-state index contributed by atoms with van der Waals surface area (Å²) in [4.78, 5) is 10.6. The molecule has 1 amide bonds. The molecule has 3 atom stereocenters. The number of nitrogens with two attached hydrogens (primary N) is 1. The Kier molecular flexibility index (Phi) is 3.76. The van der Waals surface area contributed by atoms with Crippen molar-refractivity contribution in [1.29, 1.82) is 0 Å². The Bertz CT molecular complexity index is 463. The molecule has 6 nitrogen and oxygen atoms in total. The summed E-state index contributed by atoms with van der Waals surface area (Å²) in [5.41, 5.74) is 5.05. The molecule has 0 bridgehead atoms. The Morgan fingerprint density at radius 2 is 2.11 bits per heavy atom. The van der Waals surface area contributed by atoms with E-state index in [1.807, 2.05) is 0 Å². The summed E-state index contributed by atoms with van der Waals surface area (Å²) < 4.78 is 24.0. The molecule has 0 aromatic carbocycles. The van der Waals surface area contributed by atoms with E-state index in [-0.39, 0.29) is 23.7 Å².